The van der Waals surface area contributed by atoms with Gasteiger partial charge in [0.25, 0.3) is 0 Å². The van der Waals surface area contributed by atoms with Crippen molar-refractivity contribution < 1.29 is 13.2 Å². The maximum atomic E-state index is 12.2. The van der Waals surface area contributed by atoms with Gasteiger partial charge >= 0.3 is 0 Å². The Kier molecular flexibility index (Phi) is 5.17. The zero-order valence-electron chi connectivity index (χ0n) is 12.9. The third-order valence-corrected chi connectivity index (χ3v) is 6.56. The van der Waals surface area contributed by atoms with Crippen molar-refractivity contribution in [2.24, 2.45) is 0 Å². The molecule has 0 radical (unpaired) electrons. The fourth-order valence-corrected chi connectivity index (χ4v) is 4.72. The monoisotopic (exact) mass is 343 g/mol. The predicted octanol–water partition coefficient (Wildman–Crippen LogP) is 3.05. The van der Waals surface area contributed by atoms with Crippen LogP contribution < -0.4 is 5.32 Å². The molecule has 0 spiro atoms. The van der Waals surface area contributed by atoms with Crippen LogP contribution >= 0.6 is 11.6 Å². The molecule has 1 N–H and O–H groups in total. The van der Waals surface area contributed by atoms with Crippen molar-refractivity contribution in [3.05, 3.63) is 34.9 Å². The molecule has 2 rings (SSSR count). The topological polar surface area (TPSA) is 63.2 Å². The number of halogens is 1. The van der Waals surface area contributed by atoms with E-state index < -0.39 is 27.0 Å². The van der Waals surface area contributed by atoms with Crippen LogP contribution in [0.2, 0.25) is 5.02 Å². The van der Waals surface area contributed by atoms with Gasteiger partial charge in [0, 0.05) is 5.02 Å². The SMILES string of the molecule is CC(C)(NC(=O)CS(=O)(=O)C1CCCC1)c1ccc(Cl)cc1. The molecule has 0 saturated heterocycles. The van der Waals surface area contributed by atoms with Crippen LogP contribution in [0.3, 0.4) is 0 Å². The van der Waals surface area contributed by atoms with E-state index in [4.69, 9.17) is 11.6 Å². The summed E-state index contributed by atoms with van der Waals surface area (Å²) in [5, 5.41) is 3.08. The van der Waals surface area contributed by atoms with Gasteiger partial charge in [0.15, 0.2) is 9.84 Å². The molecule has 0 unspecified atom stereocenters. The summed E-state index contributed by atoms with van der Waals surface area (Å²) in [5.74, 6) is -0.888. The molecule has 1 saturated carbocycles. The van der Waals surface area contributed by atoms with Gasteiger partial charge in [0.2, 0.25) is 5.91 Å². The van der Waals surface area contributed by atoms with Crippen molar-refractivity contribution in [1.29, 1.82) is 0 Å². The van der Waals surface area contributed by atoms with Crippen molar-refractivity contribution in [2.45, 2.75) is 50.3 Å². The average molecular weight is 344 g/mol. The number of carbonyl (C=O) groups excluding carboxylic acids is 1. The summed E-state index contributed by atoms with van der Waals surface area (Å²) in [7, 11) is -3.35. The van der Waals surface area contributed by atoms with Gasteiger partial charge in [-0.2, -0.15) is 0 Å². The van der Waals surface area contributed by atoms with Crippen molar-refractivity contribution in [3.63, 3.8) is 0 Å². The molecule has 1 aromatic carbocycles. The molecule has 0 bridgehead atoms. The quantitative estimate of drug-likeness (QED) is 0.893. The number of benzene rings is 1. The Morgan fingerprint density at radius 3 is 2.32 bits per heavy atom. The van der Waals surface area contributed by atoms with E-state index in [1.807, 2.05) is 26.0 Å². The molecule has 1 amide bonds. The second-order valence-electron chi connectivity index (χ2n) is 6.39. The maximum Gasteiger partial charge on any atom is 0.235 e. The molecule has 0 aromatic heterocycles. The number of nitrogens with one attached hydrogen (secondary N) is 1. The highest BCUT2D eigenvalue weighted by Gasteiger charge is 2.32. The van der Waals surface area contributed by atoms with Crippen LogP contribution in [0.4, 0.5) is 0 Å². The second-order valence-corrected chi connectivity index (χ2v) is 9.11. The van der Waals surface area contributed by atoms with Crippen LogP contribution in [0.5, 0.6) is 0 Å². The Balaban J connectivity index is 2.02. The van der Waals surface area contributed by atoms with E-state index in [1.54, 1.807) is 12.1 Å². The van der Waals surface area contributed by atoms with Gasteiger partial charge in [0.05, 0.1) is 10.8 Å². The van der Waals surface area contributed by atoms with E-state index >= 15 is 0 Å². The first-order valence-corrected chi connectivity index (χ1v) is 9.59. The van der Waals surface area contributed by atoms with Crippen molar-refractivity contribution in [3.8, 4) is 0 Å². The Bertz CT molecular complexity index is 632. The van der Waals surface area contributed by atoms with Crippen molar-refractivity contribution in [1.82, 2.24) is 5.32 Å². The fraction of sp³-hybridized carbons (Fsp3) is 0.562. The standard InChI is InChI=1S/C16H22ClNO3S/c1-16(2,12-7-9-13(17)10-8-12)18-15(19)11-22(20,21)14-5-3-4-6-14/h7-10,14H,3-6,11H2,1-2H3,(H,18,19). The molecule has 1 fully saturated rings. The molecule has 122 valence electrons. The summed E-state index contributed by atoms with van der Waals surface area (Å²) in [6, 6.07) is 7.16. The van der Waals surface area contributed by atoms with Gasteiger partial charge in [-0.05, 0) is 44.4 Å². The summed E-state index contributed by atoms with van der Waals surface area (Å²) in [6.07, 6.45) is 3.22. The van der Waals surface area contributed by atoms with E-state index in [1.165, 1.54) is 0 Å². The predicted molar refractivity (Wildman–Crippen MR) is 88.7 cm³/mol. The van der Waals surface area contributed by atoms with E-state index in [9.17, 15) is 13.2 Å². The summed E-state index contributed by atoms with van der Waals surface area (Å²) in [5.41, 5.74) is 0.232. The smallest absolute Gasteiger partial charge is 0.235 e. The number of carbonyl (C=O) groups is 1. The van der Waals surface area contributed by atoms with E-state index in [0.717, 1.165) is 18.4 Å². The Morgan fingerprint density at radius 2 is 1.77 bits per heavy atom. The number of rotatable bonds is 5. The lowest BCUT2D eigenvalue weighted by Gasteiger charge is -2.27. The van der Waals surface area contributed by atoms with Gasteiger partial charge in [-0.25, -0.2) is 8.42 Å². The number of amides is 1. The minimum atomic E-state index is -3.35. The number of hydrogen-bond acceptors (Lipinski definition) is 3. The van der Waals surface area contributed by atoms with E-state index in [-0.39, 0.29) is 5.25 Å². The fourth-order valence-electron chi connectivity index (χ4n) is 2.87. The molecule has 22 heavy (non-hydrogen) atoms. The number of hydrogen-bond donors (Lipinski definition) is 1. The summed E-state index contributed by atoms with van der Waals surface area (Å²) in [6.45, 7) is 3.69. The zero-order valence-corrected chi connectivity index (χ0v) is 14.5. The largest absolute Gasteiger partial charge is 0.346 e. The highest BCUT2D eigenvalue weighted by Crippen LogP contribution is 2.26. The molecule has 0 aliphatic heterocycles. The molecule has 1 aliphatic rings. The Morgan fingerprint density at radius 1 is 1.23 bits per heavy atom. The summed E-state index contributed by atoms with van der Waals surface area (Å²) >= 11 is 5.86. The van der Waals surface area contributed by atoms with Crippen LogP contribution in [-0.2, 0) is 20.2 Å². The van der Waals surface area contributed by atoms with Crippen LogP contribution in [0, 0.1) is 0 Å². The molecule has 1 aromatic rings. The van der Waals surface area contributed by atoms with Crippen molar-refractivity contribution >= 4 is 27.3 Å². The molecule has 4 nitrogen and oxygen atoms in total. The van der Waals surface area contributed by atoms with Crippen LogP contribution in [0.1, 0.15) is 45.1 Å². The summed E-state index contributed by atoms with van der Waals surface area (Å²) < 4.78 is 24.5. The molecular formula is C16H22ClNO3S. The molecule has 6 heteroatoms. The molecule has 0 heterocycles. The van der Waals surface area contributed by atoms with Crippen LogP contribution in [0.25, 0.3) is 0 Å². The summed E-state index contributed by atoms with van der Waals surface area (Å²) in [4.78, 5) is 12.2. The number of sulfone groups is 1. The van der Waals surface area contributed by atoms with E-state index in [0.29, 0.717) is 17.9 Å². The van der Waals surface area contributed by atoms with E-state index in [2.05, 4.69) is 5.32 Å². The average Bonchev–Trinajstić information content (AvgIpc) is 2.92. The lowest BCUT2D eigenvalue weighted by Crippen LogP contribution is -2.44. The van der Waals surface area contributed by atoms with Gasteiger partial charge in [-0.1, -0.05) is 36.6 Å². The lowest BCUT2D eigenvalue weighted by molar-refractivity contribution is -0.120. The van der Waals surface area contributed by atoms with Crippen LogP contribution in [0.15, 0.2) is 24.3 Å². The van der Waals surface area contributed by atoms with Gasteiger partial charge in [-0.3, -0.25) is 4.79 Å². The highest BCUT2D eigenvalue weighted by atomic mass is 35.5. The third-order valence-electron chi connectivity index (χ3n) is 4.16. The molecule has 0 atom stereocenters. The lowest BCUT2D eigenvalue weighted by atomic mass is 9.94. The third kappa shape index (κ3) is 4.23. The van der Waals surface area contributed by atoms with Gasteiger partial charge in [0.1, 0.15) is 5.75 Å². The Labute approximate surface area is 137 Å². The first-order valence-electron chi connectivity index (χ1n) is 7.49. The highest BCUT2D eigenvalue weighted by molar-refractivity contribution is 7.92. The minimum Gasteiger partial charge on any atom is -0.346 e. The maximum absolute atomic E-state index is 12.2. The first-order chi connectivity index (χ1) is 10.2. The van der Waals surface area contributed by atoms with Crippen LogP contribution in [-0.4, -0.2) is 25.3 Å². The normalized spacial score (nSPS) is 16.7. The van der Waals surface area contributed by atoms with Crippen molar-refractivity contribution in [2.75, 3.05) is 5.75 Å². The first kappa shape index (κ1) is 17.3. The molecule has 1 aliphatic carbocycles. The zero-order chi connectivity index (χ0) is 16.4. The molecular weight excluding hydrogens is 322 g/mol. The minimum absolute atomic E-state index is 0.350. The second kappa shape index (κ2) is 6.59. The van der Waals surface area contributed by atoms with Gasteiger partial charge in [-0.15, -0.1) is 0 Å². The van der Waals surface area contributed by atoms with Gasteiger partial charge < -0.3 is 5.32 Å². The Hall–Kier alpha value is -1.07.